The van der Waals surface area contributed by atoms with E-state index in [1.54, 1.807) is 0 Å². The van der Waals surface area contributed by atoms with Gasteiger partial charge in [0.2, 0.25) is 0 Å². The van der Waals surface area contributed by atoms with E-state index in [2.05, 4.69) is 13.0 Å². The van der Waals surface area contributed by atoms with Gasteiger partial charge in [-0.05, 0) is 50.4 Å². The van der Waals surface area contributed by atoms with Crippen molar-refractivity contribution in [1.82, 2.24) is 0 Å². The Labute approximate surface area is 100 Å². The number of nitriles is 1. The van der Waals surface area contributed by atoms with Crippen LogP contribution >= 0.6 is 0 Å². The van der Waals surface area contributed by atoms with Gasteiger partial charge >= 0.3 is 0 Å². The summed E-state index contributed by atoms with van der Waals surface area (Å²) in [7, 11) is 0. The van der Waals surface area contributed by atoms with E-state index in [1.807, 2.05) is 0 Å². The highest BCUT2D eigenvalue weighted by Crippen LogP contribution is 2.49. The zero-order valence-electron chi connectivity index (χ0n) is 10.7. The lowest BCUT2D eigenvalue weighted by Crippen LogP contribution is -2.34. The van der Waals surface area contributed by atoms with E-state index in [4.69, 9.17) is 0 Å². The van der Waals surface area contributed by atoms with Gasteiger partial charge in [0.05, 0.1) is 11.5 Å². The minimum atomic E-state index is 0.0755. The summed E-state index contributed by atoms with van der Waals surface area (Å²) in [6.07, 6.45) is 13.1. The molecule has 0 aromatic heterocycles. The fraction of sp³-hybridized carbons (Fsp3) is 0.933. The van der Waals surface area contributed by atoms with Gasteiger partial charge in [0.25, 0.3) is 0 Å². The Balaban J connectivity index is 2.00. The summed E-state index contributed by atoms with van der Waals surface area (Å²) < 4.78 is 0. The van der Waals surface area contributed by atoms with Crippen LogP contribution in [-0.4, -0.2) is 0 Å². The maximum absolute atomic E-state index is 9.60. The van der Waals surface area contributed by atoms with Gasteiger partial charge in [0.1, 0.15) is 0 Å². The van der Waals surface area contributed by atoms with Crippen LogP contribution in [0.15, 0.2) is 0 Å². The van der Waals surface area contributed by atoms with Crippen LogP contribution in [0.4, 0.5) is 0 Å². The molecule has 0 heterocycles. The van der Waals surface area contributed by atoms with Crippen LogP contribution in [0.3, 0.4) is 0 Å². The zero-order chi connectivity index (χ0) is 11.4. The summed E-state index contributed by atoms with van der Waals surface area (Å²) >= 11 is 0. The molecule has 16 heavy (non-hydrogen) atoms. The van der Waals surface area contributed by atoms with Crippen LogP contribution in [-0.2, 0) is 0 Å². The van der Waals surface area contributed by atoms with Gasteiger partial charge in [0, 0.05) is 0 Å². The average Bonchev–Trinajstić information content (AvgIpc) is 2.40. The van der Waals surface area contributed by atoms with Crippen LogP contribution in [0.25, 0.3) is 0 Å². The molecule has 0 saturated heterocycles. The smallest absolute Gasteiger partial charge is 0.0692 e. The van der Waals surface area contributed by atoms with Crippen molar-refractivity contribution in [3.05, 3.63) is 0 Å². The summed E-state index contributed by atoms with van der Waals surface area (Å²) in [6.45, 7) is 2.30. The minimum Gasteiger partial charge on any atom is -0.198 e. The summed E-state index contributed by atoms with van der Waals surface area (Å²) in [5.41, 5.74) is 0.0755. The van der Waals surface area contributed by atoms with E-state index in [-0.39, 0.29) is 5.41 Å². The number of hydrogen-bond acceptors (Lipinski definition) is 1. The van der Waals surface area contributed by atoms with Crippen LogP contribution in [0.1, 0.15) is 71.1 Å². The molecule has 0 aromatic carbocycles. The standard InChI is InChI=1S/C15H25N/c1-2-13-8-10-15(12-16,11-9-13)14-6-4-3-5-7-14/h13-14H,2-11H2,1H3. The average molecular weight is 219 g/mol. The Bertz CT molecular complexity index is 249. The predicted octanol–water partition coefficient (Wildman–Crippen LogP) is 4.68. The SMILES string of the molecule is CCC1CCC(C#N)(C2CCCCC2)CC1. The minimum absolute atomic E-state index is 0.0755. The highest BCUT2D eigenvalue weighted by atomic mass is 14.5. The van der Waals surface area contributed by atoms with Crippen molar-refractivity contribution in [2.45, 2.75) is 71.1 Å². The van der Waals surface area contributed by atoms with Gasteiger partial charge in [-0.1, -0.05) is 32.6 Å². The molecule has 2 aliphatic carbocycles. The number of rotatable bonds is 2. The van der Waals surface area contributed by atoms with Crippen molar-refractivity contribution >= 4 is 0 Å². The van der Waals surface area contributed by atoms with Crippen LogP contribution in [0, 0.1) is 28.6 Å². The Morgan fingerprint density at radius 3 is 2.19 bits per heavy atom. The molecule has 0 atom stereocenters. The largest absolute Gasteiger partial charge is 0.198 e. The summed E-state index contributed by atoms with van der Waals surface area (Å²) in [4.78, 5) is 0. The molecular formula is C15H25N. The first-order valence-corrected chi connectivity index (χ1v) is 7.22. The highest BCUT2D eigenvalue weighted by molar-refractivity contribution is 5.05. The normalized spacial score (nSPS) is 36.9. The molecule has 0 aromatic rings. The molecule has 0 amide bonds. The lowest BCUT2D eigenvalue weighted by atomic mass is 9.61. The second-order valence-electron chi connectivity index (χ2n) is 5.95. The van der Waals surface area contributed by atoms with Gasteiger partial charge in [-0.3, -0.25) is 0 Å². The van der Waals surface area contributed by atoms with Crippen molar-refractivity contribution in [3.8, 4) is 6.07 Å². The Hall–Kier alpha value is -0.510. The molecule has 0 bridgehead atoms. The van der Waals surface area contributed by atoms with E-state index in [0.29, 0.717) is 0 Å². The van der Waals surface area contributed by atoms with Gasteiger partial charge in [0.15, 0.2) is 0 Å². The maximum atomic E-state index is 9.60. The molecule has 2 saturated carbocycles. The summed E-state index contributed by atoms with van der Waals surface area (Å²) in [5.74, 6) is 1.63. The van der Waals surface area contributed by atoms with Gasteiger partial charge in [-0.15, -0.1) is 0 Å². The maximum Gasteiger partial charge on any atom is 0.0692 e. The summed E-state index contributed by atoms with van der Waals surface area (Å²) in [5, 5.41) is 9.60. The molecule has 2 fully saturated rings. The van der Waals surface area contributed by atoms with Gasteiger partial charge in [-0.2, -0.15) is 5.26 Å². The lowest BCUT2D eigenvalue weighted by Gasteiger charge is -2.42. The molecule has 1 heteroatoms. The highest BCUT2D eigenvalue weighted by Gasteiger charge is 2.41. The quantitative estimate of drug-likeness (QED) is 0.661. The van der Waals surface area contributed by atoms with E-state index >= 15 is 0 Å². The third kappa shape index (κ3) is 2.26. The molecule has 0 aliphatic heterocycles. The first-order chi connectivity index (χ1) is 7.80. The molecule has 90 valence electrons. The first-order valence-electron chi connectivity index (χ1n) is 7.22. The van der Waals surface area contributed by atoms with Crippen LogP contribution in [0.5, 0.6) is 0 Å². The van der Waals surface area contributed by atoms with Crippen LogP contribution in [0.2, 0.25) is 0 Å². The van der Waals surface area contributed by atoms with Crippen LogP contribution < -0.4 is 0 Å². The van der Waals surface area contributed by atoms with E-state index in [9.17, 15) is 5.26 Å². The van der Waals surface area contributed by atoms with E-state index in [1.165, 1.54) is 64.2 Å². The fourth-order valence-corrected chi connectivity index (χ4v) is 3.87. The van der Waals surface area contributed by atoms with Crippen molar-refractivity contribution < 1.29 is 0 Å². The number of nitrogens with zero attached hydrogens (tertiary/aromatic N) is 1. The van der Waals surface area contributed by atoms with E-state index < -0.39 is 0 Å². The Morgan fingerprint density at radius 2 is 1.69 bits per heavy atom. The molecule has 0 N–H and O–H groups in total. The lowest BCUT2D eigenvalue weighted by molar-refractivity contribution is 0.102. The topological polar surface area (TPSA) is 23.8 Å². The summed E-state index contributed by atoms with van der Waals surface area (Å²) in [6, 6.07) is 2.73. The van der Waals surface area contributed by atoms with Gasteiger partial charge in [-0.25, -0.2) is 0 Å². The molecule has 0 spiro atoms. The third-order valence-corrected chi connectivity index (χ3v) is 5.18. The first kappa shape index (κ1) is 12.0. The fourth-order valence-electron chi connectivity index (χ4n) is 3.87. The molecular weight excluding hydrogens is 194 g/mol. The van der Waals surface area contributed by atoms with Crippen molar-refractivity contribution in [2.24, 2.45) is 17.3 Å². The van der Waals surface area contributed by atoms with Gasteiger partial charge < -0.3 is 0 Å². The predicted molar refractivity (Wildman–Crippen MR) is 66.9 cm³/mol. The van der Waals surface area contributed by atoms with Crippen molar-refractivity contribution in [1.29, 1.82) is 5.26 Å². The molecule has 1 nitrogen and oxygen atoms in total. The number of hydrogen-bond donors (Lipinski definition) is 0. The third-order valence-electron chi connectivity index (χ3n) is 5.18. The molecule has 0 unspecified atom stereocenters. The second-order valence-corrected chi connectivity index (χ2v) is 5.95. The monoisotopic (exact) mass is 219 g/mol. The molecule has 2 aliphatic rings. The van der Waals surface area contributed by atoms with Crippen molar-refractivity contribution in [3.63, 3.8) is 0 Å². The van der Waals surface area contributed by atoms with E-state index in [0.717, 1.165) is 11.8 Å². The molecule has 2 rings (SSSR count). The molecule has 0 radical (unpaired) electrons. The second kappa shape index (κ2) is 5.21. The van der Waals surface area contributed by atoms with Crippen molar-refractivity contribution in [2.75, 3.05) is 0 Å². The Morgan fingerprint density at radius 1 is 1.06 bits per heavy atom. The zero-order valence-corrected chi connectivity index (χ0v) is 10.7. The Kier molecular flexibility index (Phi) is 3.90.